The smallest absolute Gasteiger partial charge is 0.0983 e. The Morgan fingerprint density at radius 3 is 2.55 bits per heavy atom. The number of benzene rings is 1. The van der Waals surface area contributed by atoms with E-state index in [-0.39, 0.29) is 0 Å². The molecule has 0 aliphatic rings. The third-order valence-corrected chi connectivity index (χ3v) is 1.42. The zero-order valence-corrected chi connectivity index (χ0v) is 6.73. The van der Waals surface area contributed by atoms with Crippen LogP contribution in [0.1, 0.15) is 5.56 Å². The minimum atomic E-state index is -0.408. The van der Waals surface area contributed by atoms with Gasteiger partial charge >= 0.3 is 0 Å². The number of hydrogen-bond donors (Lipinski definition) is 1. The average Bonchev–Trinajstić information content (AvgIpc) is 2.03. The number of nitrogens with one attached hydrogen (secondary N) is 1. The second-order valence-corrected chi connectivity index (χ2v) is 2.50. The van der Waals surface area contributed by atoms with Gasteiger partial charge in [0, 0.05) is 6.54 Å². The molecule has 3 heteroatoms. The van der Waals surface area contributed by atoms with Gasteiger partial charge in [-0.05, 0) is 5.56 Å². The standard InChI is InChI=1S/C8H9NOS/c10-8(11)9-6-7-4-2-1-3-5-7/h1-5H,6H2,(H2,9,10,11)/p-1. The summed E-state index contributed by atoms with van der Waals surface area (Å²) in [6, 6.07) is 9.64. The van der Waals surface area contributed by atoms with Crippen molar-refractivity contribution in [3.63, 3.8) is 0 Å². The summed E-state index contributed by atoms with van der Waals surface area (Å²) >= 11 is 4.33. The van der Waals surface area contributed by atoms with Gasteiger partial charge in [0.1, 0.15) is 0 Å². The van der Waals surface area contributed by atoms with Crippen molar-refractivity contribution in [2.45, 2.75) is 6.54 Å². The van der Waals surface area contributed by atoms with Gasteiger partial charge < -0.3 is 22.7 Å². The maximum Gasteiger partial charge on any atom is 0.0983 e. The van der Waals surface area contributed by atoms with Crippen LogP contribution in [0.3, 0.4) is 0 Å². The largest absolute Gasteiger partial charge is 0.719 e. The monoisotopic (exact) mass is 166 g/mol. The third kappa shape index (κ3) is 3.00. The number of carbonyl (C=O) groups excluding carboxylic acids is 1. The van der Waals surface area contributed by atoms with Crippen LogP contribution >= 0.6 is 0 Å². The second-order valence-electron chi connectivity index (χ2n) is 2.13. The molecule has 0 atom stereocenters. The summed E-state index contributed by atoms with van der Waals surface area (Å²) in [5.41, 5.74) is 1.06. The van der Waals surface area contributed by atoms with Crippen LogP contribution in [0.25, 0.3) is 0 Å². The first kappa shape index (κ1) is 8.01. The number of rotatable bonds is 2. The Morgan fingerprint density at radius 1 is 1.36 bits per heavy atom. The van der Waals surface area contributed by atoms with Gasteiger partial charge in [-0.25, -0.2) is 0 Å². The van der Waals surface area contributed by atoms with Crippen LogP contribution in [0, 0.1) is 0 Å². The van der Waals surface area contributed by atoms with E-state index in [2.05, 4.69) is 17.9 Å². The number of hydrogen-bond acceptors (Lipinski definition) is 2. The lowest BCUT2D eigenvalue weighted by Crippen LogP contribution is -2.17. The highest BCUT2D eigenvalue weighted by Gasteiger charge is 1.87. The molecule has 0 unspecified atom stereocenters. The lowest BCUT2D eigenvalue weighted by atomic mass is 10.2. The zero-order valence-electron chi connectivity index (χ0n) is 5.91. The molecule has 0 saturated carbocycles. The molecule has 1 rings (SSSR count). The van der Waals surface area contributed by atoms with Crippen molar-refractivity contribution < 1.29 is 4.79 Å². The molecular weight excluding hydrogens is 158 g/mol. The van der Waals surface area contributed by atoms with Crippen molar-refractivity contribution in [2.75, 3.05) is 0 Å². The van der Waals surface area contributed by atoms with Crippen molar-refractivity contribution in [3.05, 3.63) is 35.9 Å². The summed E-state index contributed by atoms with van der Waals surface area (Å²) < 4.78 is 0. The minimum absolute atomic E-state index is 0.408. The Bertz CT molecular complexity index is 235. The van der Waals surface area contributed by atoms with E-state index < -0.39 is 5.24 Å². The van der Waals surface area contributed by atoms with Crippen LogP contribution in [0.5, 0.6) is 0 Å². The first-order valence-electron chi connectivity index (χ1n) is 3.28. The SMILES string of the molecule is O=C([S-])NCc1ccccc1. The lowest BCUT2D eigenvalue weighted by molar-refractivity contribution is 0.260. The van der Waals surface area contributed by atoms with Crippen molar-refractivity contribution in [1.82, 2.24) is 5.32 Å². The van der Waals surface area contributed by atoms with E-state index in [1.54, 1.807) is 0 Å². The van der Waals surface area contributed by atoms with Crippen molar-refractivity contribution in [2.24, 2.45) is 0 Å². The number of amides is 1. The van der Waals surface area contributed by atoms with Crippen LogP contribution in [0.2, 0.25) is 0 Å². The molecule has 0 aliphatic heterocycles. The molecular formula is C8H8NOS-. The second kappa shape index (κ2) is 3.93. The fourth-order valence-electron chi connectivity index (χ4n) is 0.770. The summed E-state index contributed by atoms with van der Waals surface area (Å²) in [5.74, 6) is 0. The van der Waals surface area contributed by atoms with E-state index in [1.807, 2.05) is 30.3 Å². The summed E-state index contributed by atoms with van der Waals surface area (Å²) in [6.07, 6.45) is 0. The van der Waals surface area contributed by atoms with Gasteiger partial charge in [-0.15, -0.1) is 0 Å². The molecule has 1 amide bonds. The predicted molar refractivity (Wildman–Crippen MR) is 46.0 cm³/mol. The first-order valence-corrected chi connectivity index (χ1v) is 3.68. The normalized spacial score (nSPS) is 9.09. The summed E-state index contributed by atoms with van der Waals surface area (Å²) in [5, 5.41) is 2.13. The topological polar surface area (TPSA) is 29.1 Å². The van der Waals surface area contributed by atoms with E-state index in [0.29, 0.717) is 6.54 Å². The highest BCUT2D eigenvalue weighted by molar-refractivity contribution is 7.76. The van der Waals surface area contributed by atoms with E-state index >= 15 is 0 Å². The molecule has 11 heavy (non-hydrogen) atoms. The van der Waals surface area contributed by atoms with Crippen LogP contribution in [-0.4, -0.2) is 5.24 Å². The molecule has 0 aromatic heterocycles. The van der Waals surface area contributed by atoms with Crippen LogP contribution < -0.4 is 5.32 Å². The maximum absolute atomic E-state index is 10.3. The molecule has 1 aromatic rings. The first-order chi connectivity index (χ1) is 5.29. The molecule has 0 spiro atoms. The molecule has 0 aliphatic carbocycles. The van der Waals surface area contributed by atoms with Gasteiger partial charge in [-0.2, -0.15) is 0 Å². The van der Waals surface area contributed by atoms with Gasteiger partial charge in [-0.1, -0.05) is 30.3 Å². The van der Waals surface area contributed by atoms with E-state index in [1.165, 1.54) is 0 Å². The zero-order chi connectivity index (χ0) is 8.10. The van der Waals surface area contributed by atoms with Crippen LogP contribution in [0.4, 0.5) is 4.79 Å². The molecule has 0 radical (unpaired) electrons. The Balaban J connectivity index is 2.45. The highest BCUT2D eigenvalue weighted by atomic mass is 32.1. The number of carbonyl (C=O) groups is 1. The molecule has 1 aromatic carbocycles. The minimum Gasteiger partial charge on any atom is -0.719 e. The fourth-order valence-corrected chi connectivity index (χ4v) is 0.842. The Morgan fingerprint density at radius 2 is 2.00 bits per heavy atom. The predicted octanol–water partition coefficient (Wildman–Crippen LogP) is 1.44. The molecule has 2 nitrogen and oxygen atoms in total. The Kier molecular flexibility index (Phi) is 2.86. The van der Waals surface area contributed by atoms with Gasteiger partial charge in [0.05, 0.1) is 5.24 Å². The van der Waals surface area contributed by atoms with Gasteiger partial charge in [0.15, 0.2) is 0 Å². The fraction of sp³-hybridized carbons (Fsp3) is 0.125. The highest BCUT2D eigenvalue weighted by Crippen LogP contribution is 1.96. The van der Waals surface area contributed by atoms with Gasteiger partial charge in [0.25, 0.3) is 0 Å². The van der Waals surface area contributed by atoms with Gasteiger partial charge in [0.2, 0.25) is 0 Å². The molecule has 0 heterocycles. The quantitative estimate of drug-likeness (QED) is 0.674. The Labute approximate surface area is 71.0 Å². The average molecular weight is 166 g/mol. The molecule has 0 fully saturated rings. The van der Waals surface area contributed by atoms with E-state index in [4.69, 9.17) is 0 Å². The Hall–Kier alpha value is -1.09. The molecule has 58 valence electrons. The molecule has 0 saturated heterocycles. The third-order valence-electron chi connectivity index (χ3n) is 1.28. The van der Waals surface area contributed by atoms with E-state index in [9.17, 15) is 4.79 Å². The summed E-state index contributed by atoms with van der Waals surface area (Å²) in [7, 11) is 0. The summed E-state index contributed by atoms with van der Waals surface area (Å²) in [6.45, 7) is 0.517. The molecule has 0 bridgehead atoms. The lowest BCUT2D eigenvalue weighted by Gasteiger charge is -2.06. The summed E-state index contributed by atoms with van der Waals surface area (Å²) in [4.78, 5) is 10.3. The van der Waals surface area contributed by atoms with E-state index in [0.717, 1.165) is 5.56 Å². The molecule has 1 N–H and O–H groups in total. The van der Waals surface area contributed by atoms with Crippen LogP contribution in [-0.2, 0) is 19.2 Å². The van der Waals surface area contributed by atoms with Crippen molar-refractivity contribution >= 4 is 17.9 Å². The van der Waals surface area contributed by atoms with Gasteiger partial charge in [-0.3, -0.25) is 0 Å². The van der Waals surface area contributed by atoms with Crippen molar-refractivity contribution in [1.29, 1.82) is 0 Å². The van der Waals surface area contributed by atoms with Crippen LogP contribution in [0.15, 0.2) is 30.3 Å². The maximum atomic E-state index is 10.3. The van der Waals surface area contributed by atoms with Crippen molar-refractivity contribution in [3.8, 4) is 0 Å².